The molecule has 0 atom stereocenters. The van der Waals surface area contributed by atoms with E-state index in [1.807, 2.05) is 54.6 Å². The largest absolute Gasteiger partial charge is 0.381 e. The number of benzene rings is 2. The molecule has 2 aromatic carbocycles. The Labute approximate surface area is 230 Å². The number of aryl methyl sites for hydroxylation is 1. The molecule has 0 saturated heterocycles. The molecular formula is C27H25IN6O2S. The van der Waals surface area contributed by atoms with Gasteiger partial charge in [-0.05, 0) is 63.4 Å². The van der Waals surface area contributed by atoms with Gasteiger partial charge in [0.05, 0.1) is 11.1 Å². The van der Waals surface area contributed by atoms with E-state index in [0.29, 0.717) is 17.7 Å². The van der Waals surface area contributed by atoms with Gasteiger partial charge in [-0.25, -0.2) is 4.68 Å². The molecule has 1 aliphatic rings. The van der Waals surface area contributed by atoms with Crippen LogP contribution in [0.5, 0.6) is 0 Å². The Bertz CT molecular complexity index is 1600. The summed E-state index contributed by atoms with van der Waals surface area (Å²) in [7, 11) is 1.65. The van der Waals surface area contributed by atoms with Crippen molar-refractivity contribution in [2.24, 2.45) is 5.73 Å². The predicted molar refractivity (Wildman–Crippen MR) is 161 cm³/mol. The van der Waals surface area contributed by atoms with Crippen LogP contribution >= 0.6 is 30.1 Å². The number of primary amides is 1. The molecular weight excluding hydrogens is 599 g/mol. The number of carbonyl (C=O) groups is 1. The summed E-state index contributed by atoms with van der Waals surface area (Å²) in [6, 6.07) is 17.8. The number of rotatable bonds is 4. The zero-order valence-corrected chi connectivity index (χ0v) is 23.0. The molecule has 5 rings (SSSR count). The molecule has 0 radical (unpaired) electrons. The highest BCUT2D eigenvalue weighted by Gasteiger charge is 2.20. The molecule has 0 unspecified atom stereocenters. The van der Waals surface area contributed by atoms with E-state index < -0.39 is 5.91 Å². The van der Waals surface area contributed by atoms with Gasteiger partial charge in [-0.15, -0.1) is 5.10 Å². The number of para-hydroxylation sites is 1. The number of nitrogens with zero attached hydrogens (tertiary/aromatic N) is 3. The fourth-order valence-corrected chi connectivity index (χ4v) is 4.67. The maximum atomic E-state index is 13.3. The number of hydrogen-bond acceptors (Lipinski definition) is 6. The van der Waals surface area contributed by atoms with E-state index in [1.54, 1.807) is 19.7 Å². The fraction of sp³-hybridized carbons (Fsp3) is 0.148. The van der Waals surface area contributed by atoms with Crippen molar-refractivity contribution < 1.29 is 4.79 Å². The van der Waals surface area contributed by atoms with Crippen molar-refractivity contribution in [1.82, 2.24) is 14.3 Å². The summed E-state index contributed by atoms with van der Waals surface area (Å²) in [6.45, 7) is 2.72. The first-order valence-corrected chi connectivity index (χ1v) is 15.0. The minimum Gasteiger partial charge on any atom is -0.381 e. The van der Waals surface area contributed by atoms with E-state index in [2.05, 4.69) is 56.5 Å². The Hall–Kier alpha value is -3.69. The molecule has 0 fully saturated rings. The van der Waals surface area contributed by atoms with E-state index in [1.165, 1.54) is 4.68 Å². The maximum absolute atomic E-state index is 13.3. The Morgan fingerprint density at radius 3 is 2.70 bits per heavy atom. The van der Waals surface area contributed by atoms with E-state index >= 15 is 0 Å². The van der Waals surface area contributed by atoms with Gasteiger partial charge < -0.3 is 16.8 Å². The average molecular weight is 625 g/mol. The van der Waals surface area contributed by atoms with Crippen LogP contribution in [0.2, 0.25) is 0 Å². The minimum absolute atomic E-state index is 0.00239. The molecule has 5 N–H and O–H groups in total. The predicted octanol–water partition coefficient (Wildman–Crippen LogP) is 4.45. The van der Waals surface area contributed by atoms with Crippen LogP contribution in [0.1, 0.15) is 28.5 Å². The number of nitrogens with one attached hydrogen (secondary N) is 1. The molecule has 0 aliphatic carbocycles. The highest BCUT2D eigenvalue weighted by molar-refractivity contribution is 14.2. The van der Waals surface area contributed by atoms with E-state index in [9.17, 15) is 9.59 Å². The second-order valence-corrected chi connectivity index (χ2v) is 10.3. The molecule has 188 valence electrons. The first-order chi connectivity index (χ1) is 18.0. The van der Waals surface area contributed by atoms with Gasteiger partial charge in [0.1, 0.15) is 11.4 Å². The molecule has 0 bridgehead atoms. The number of anilines is 2. The van der Waals surface area contributed by atoms with Gasteiger partial charge in [0.25, 0.3) is 11.5 Å². The minimum atomic E-state index is -0.568. The summed E-state index contributed by atoms with van der Waals surface area (Å²) in [5.74, 6) is 7.17. The summed E-state index contributed by atoms with van der Waals surface area (Å²) >= 11 is 2.23. The van der Waals surface area contributed by atoms with E-state index in [4.69, 9.17) is 11.5 Å². The lowest BCUT2D eigenvalue weighted by atomic mass is 10.0. The van der Waals surface area contributed by atoms with Gasteiger partial charge in [0.15, 0.2) is 5.82 Å². The molecule has 10 heteroatoms. The van der Waals surface area contributed by atoms with Crippen LogP contribution in [0.15, 0.2) is 65.5 Å². The van der Waals surface area contributed by atoms with Crippen molar-refractivity contribution in [2.75, 3.05) is 23.3 Å². The molecule has 37 heavy (non-hydrogen) atoms. The molecule has 1 aliphatic heterocycles. The number of pyridine rings is 1. The monoisotopic (exact) mass is 624 g/mol. The van der Waals surface area contributed by atoms with Crippen molar-refractivity contribution in [1.29, 1.82) is 0 Å². The summed E-state index contributed by atoms with van der Waals surface area (Å²) in [4.78, 5) is 24.2. The second-order valence-electron chi connectivity index (χ2n) is 7.97. The zero-order chi connectivity index (χ0) is 26.4. The van der Waals surface area contributed by atoms with Crippen LogP contribution in [0.3, 0.4) is 0 Å². The first kappa shape index (κ1) is 26.4. The highest BCUT2D eigenvalue weighted by Crippen LogP contribution is 2.23. The van der Waals surface area contributed by atoms with Crippen molar-refractivity contribution in [3.63, 3.8) is 0 Å². The number of fused-ring (bicyclic) bond motifs is 2. The molecule has 0 saturated carbocycles. The molecule has 8 nitrogen and oxygen atoms in total. The number of halogens is 1. The standard InChI is InChI=1S/C20H16INOS.C7H9N5O/c1-2-17-14-16-9-6-8-15(10-7-13-24-21)19(16)20(23)22(17)18-11-4-3-5-12-18;8-5-4(6(9)13)7-10-2-1-3-12(7)11-5/h3-6,8-9,11-12,14H,2,13H2,1H3;1,3,10H,2H2,(H2,8,11)(H2,9,13). The Balaban J connectivity index is 0.000000207. The molecule has 4 aromatic rings. The van der Waals surface area contributed by atoms with Crippen molar-refractivity contribution in [3.8, 4) is 17.5 Å². The average Bonchev–Trinajstić information content (AvgIpc) is 3.25. The quantitative estimate of drug-likeness (QED) is 0.228. The lowest BCUT2D eigenvalue weighted by molar-refractivity contribution is 0.100. The first-order valence-electron chi connectivity index (χ1n) is 11.5. The third-order valence-electron chi connectivity index (χ3n) is 5.67. The van der Waals surface area contributed by atoms with Gasteiger partial charge in [0, 0.05) is 29.7 Å². The van der Waals surface area contributed by atoms with Gasteiger partial charge in [-0.1, -0.05) is 58.0 Å². The number of nitrogen functional groups attached to an aromatic ring is 1. The lowest BCUT2D eigenvalue weighted by Gasteiger charge is -2.14. The third kappa shape index (κ3) is 5.68. The van der Waals surface area contributed by atoms with Crippen molar-refractivity contribution in [3.05, 3.63) is 87.8 Å². The van der Waals surface area contributed by atoms with Crippen LogP contribution in [0, 0.1) is 11.8 Å². The summed E-state index contributed by atoms with van der Waals surface area (Å²) in [6.07, 6.45) is 4.39. The number of carbonyl (C=O) groups excluding carboxylic acids is 1. The molecule has 1 amide bonds. The van der Waals surface area contributed by atoms with Crippen molar-refractivity contribution >= 4 is 64.7 Å². The fourth-order valence-electron chi connectivity index (χ4n) is 4.08. The van der Waals surface area contributed by atoms with Gasteiger partial charge in [0.2, 0.25) is 0 Å². The highest BCUT2D eigenvalue weighted by atomic mass is 127. The zero-order valence-electron chi connectivity index (χ0n) is 20.1. The summed E-state index contributed by atoms with van der Waals surface area (Å²) < 4.78 is 3.31. The summed E-state index contributed by atoms with van der Waals surface area (Å²) in [5, 5.41) is 8.54. The van der Waals surface area contributed by atoms with Gasteiger partial charge in [-0.3, -0.25) is 14.2 Å². The Kier molecular flexibility index (Phi) is 8.58. The van der Waals surface area contributed by atoms with Crippen LogP contribution in [-0.4, -0.2) is 32.6 Å². The number of amides is 1. The number of nitrogens with two attached hydrogens (primary N) is 2. The van der Waals surface area contributed by atoms with Crippen LogP contribution in [0.25, 0.3) is 22.7 Å². The molecule has 3 heterocycles. The number of aromatic nitrogens is 3. The lowest BCUT2D eigenvalue weighted by Crippen LogP contribution is -2.22. The topological polar surface area (TPSA) is 121 Å². The Morgan fingerprint density at radius 2 is 2.00 bits per heavy atom. The summed E-state index contributed by atoms with van der Waals surface area (Å²) in [5.41, 5.74) is 13.6. The SMILES string of the molecule is CCc1cc2cccc(C#CCSI)c2c(=O)n1-c1ccccc1.NC(=O)c1c(N)nn2c1NCC=C2. The van der Waals surface area contributed by atoms with E-state index in [0.717, 1.165) is 34.5 Å². The van der Waals surface area contributed by atoms with Crippen LogP contribution in [0.4, 0.5) is 11.6 Å². The third-order valence-corrected chi connectivity index (χ3v) is 6.85. The smallest absolute Gasteiger partial charge is 0.264 e. The second kappa shape index (κ2) is 12.0. The number of hydrogen-bond donors (Lipinski definition) is 3. The van der Waals surface area contributed by atoms with Gasteiger partial charge >= 0.3 is 0 Å². The molecule has 2 aromatic heterocycles. The van der Waals surface area contributed by atoms with Crippen LogP contribution in [-0.2, 0) is 6.42 Å². The van der Waals surface area contributed by atoms with Gasteiger partial charge in [-0.2, -0.15) is 0 Å². The van der Waals surface area contributed by atoms with Crippen LogP contribution < -0.4 is 22.3 Å². The maximum Gasteiger partial charge on any atom is 0.264 e. The normalized spacial score (nSPS) is 11.5. The van der Waals surface area contributed by atoms with E-state index in [-0.39, 0.29) is 16.9 Å². The van der Waals surface area contributed by atoms with Crippen molar-refractivity contribution in [2.45, 2.75) is 13.3 Å². The molecule has 0 spiro atoms. The Morgan fingerprint density at radius 1 is 1.22 bits per heavy atom.